The molecule has 5 nitrogen and oxygen atoms in total. The molecule has 1 aromatic carbocycles. The van der Waals surface area contributed by atoms with Crippen molar-refractivity contribution in [2.24, 2.45) is 7.05 Å². The topological polar surface area (TPSA) is 67.9 Å². The van der Waals surface area contributed by atoms with Crippen molar-refractivity contribution >= 4 is 5.97 Å². The molecule has 0 amide bonds. The Morgan fingerprint density at radius 3 is 2.77 bits per heavy atom. The molecule has 0 aliphatic rings. The smallest absolute Gasteiger partial charge is 0.305 e. The van der Waals surface area contributed by atoms with Crippen molar-refractivity contribution in [2.75, 3.05) is 6.61 Å². The van der Waals surface area contributed by atoms with Crippen LogP contribution in [0.4, 0.5) is 0 Å². The normalized spacial score (nSPS) is 11.7. The van der Waals surface area contributed by atoms with Crippen LogP contribution in [0.2, 0.25) is 0 Å². The number of rotatable bonds is 6. The molecule has 5 heteroatoms. The SMILES string of the molecule is CCOC(=O)CCC(C#N)c1cc(-c2ccccc2)n(C)n1. The first-order valence-corrected chi connectivity index (χ1v) is 7.30. The summed E-state index contributed by atoms with van der Waals surface area (Å²) in [7, 11) is 1.85. The lowest BCUT2D eigenvalue weighted by Crippen LogP contribution is -2.07. The fourth-order valence-corrected chi connectivity index (χ4v) is 2.31. The summed E-state index contributed by atoms with van der Waals surface area (Å²) in [5.41, 5.74) is 2.69. The van der Waals surface area contributed by atoms with E-state index >= 15 is 0 Å². The Bertz CT molecular complexity index is 671. The van der Waals surface area contributed by atoms with Crippen LogP contribution >= 0.6 is 0 Å². The number of ether oxygens (including phenoxy) is 1. The third-order valence-corrected chi connectivity index (χ3v) is 3.42. The van der Waals surface area contributed by atoms with Crippen molar-refractivity contribution in [2.45, 2.75) is 25.7 Å². The molecule has 0 spiro atoms. The zero-order valence-corrected chi connectivity index (χ0v) is 12.8. The average Bonchev–Trinajstić information content (AvgIpc) is 2.91. The Labute approximate surface area is 130 Å². The molecule has 22 heavy (non-hydrogen) atoms. The molecule has 0 fully saturated rings. The van der Waals surface area contributed by atoms with E-state index in [1.54, 1.807) is 11.6 Å². The molecule has 1 heterocycles. The molecule has 1 unspecified atom stereocenters. The average molecular weight is 297 g/mol. The molecule has 2 aromatic rings. The van der Waals surface area contributed by atoms with Gasteiger partial charge in [-0.1, -0.05) is 30.3 Å². The minimum atomic E-state index is -0.409. The van der Waals surface area contributed by atoms with E-state index in [1.807, 2.05) is 43.4 Å². The fourth-order valence-electron chi connectivity index (χ4n) is 2.31. The number of nitriles is 1. The predicted octanol–water partition coefficient (Wildman–Crippen LogP) is 3.04. The first kappa shape index (κ1) is 15.8. The Balaban J connectivity index is 2.14. The van der Waals surface area contributed by atoms with E-state index in [0.717, 1.165) is 11.3 Å². The van der Waals surface area contributed by atoms with Gasteiger partial charge in [0.05, 0.1) is 30.0 Å². The molecular weight excluding hydrogens is 278 g/mol. The summed E-state index contributed by atoms with van der Waals surface area (Å²) in [6, 6.07) is 14.0. The molecule has 0 saturated carbocycles. The van der Waals surface area contributed by atoms with Gasteiger partial charge in [-0.3, -0.25) is 9.48 Å². The summed E-state index contributed by atoms with van der Waals surface area (Å²) in [5, 5.41) is 13.8. The minimum Gasteiger partial charge on any atom is -0.466 e. The summed E-state index contributed by atoms with van der Waals surface area (Å²) < 4.78 is 6.66. The first-order chi connectivity index (χ1) is 10.7. The zero-order valence-electron chi connectivity index (χ0n) is 12.8. The maximum Gasteiger partial charge on any atom is 0.305 e. The van der Waals surface area contributed by atoms with Gasteiger partial charge in [0.1, 0.15) is 0 Å². The highest BCUT2D eigenvalue weighted by Crippen LogP contribution is 2.25. The minimum absolute atomic E-state index is 0.226. The van der Waals surface area contributed by atoms with Crippen molar-refractivity contribution in [3.05, 3.63) is 42.1 Å². The number of esters is 1. The lowest BCUT2D eigenvalue weighted by Gasteiger charge is -2.05. The van der Waals surface area contributed by atoms with E-state index in [9.17, 15) is 10.1 Å². The molecule has 0 saturated heterocycles. The summed E-state index contributed by atoms with van der Waals surface area (Å²) in [6.07, 6.45) is 0.643. The van der Waals surface area contributed by atoms with Crippen LogP contribution in [-0.2, 0) is 16.6 Å². The molecule has 1 atom stereocenters. The van der Waals surface area contributed by atoms with Crippen LogP contribution in [0.5, 0.6) is 0 Å². The van der Waals surface area contributed by atoms with Crippen LogP contribution in [0.15, 0.2) is 36.4 Å². The van der Waals surface area contributed by atoms with Gasteiger partial charge < -0.3 is 4.74 Å². The van der Waals surface area contributed by atoms with Crippen LogP contribution < -0.4 is 0 Å². The zero-order chi connectivity index (χ0) is 15.9. The maximum atomic E-state index is 11.4. The van der Waals surface area contributed by atoms with E-state index < -0.39 is 5.92 Å². The molecule has 0 radical (unpaired) electrons. The largest absolute Gasteiger partial charge is 0.466 e. The number of nitrogens with zero attached hydrogens (tertiary/aromatic N) is 3. The van der Waals surface area contributed by atoms with Crippen molar-refractivity contribution < 1.29 is 9.53 Å². The van der Waals surface area contributed by atoms with E-state index in [1.165, 1.54) is 0 Å². The Kier molecular flexibility index (Phi) is 5.31. The molecular formula is C17H19N3O2. The number of carbonyl (C=O) groups excluding carboxylic acids is 1. The quantitative estimate of drug-likeness (QED) is 0.769. The monoisotopic (exact) mass is 297 g/mol. The molecule has 0 N–H and O–H groups in total. The van der Waals surface area contributed by atoms with Crippen LogP contribution in [-0.4, -0.2) is 22.4 Å². The van der Waals surface area contributed by atoms with E-state index in [2.05, 4.69) is 11.2 Å². The molecule has 0 aliphatic heterocycles. The number of carbonyl (C=O) groups is 1. The lowest BCUT2D eigenvalue weighted by molar-refractivity contribution is -0.143. The van der Waals surface area contributed by atoms with Crippen molar-refractivity contribution in [3.8, 4) is 17.3 Å². The summed E-state index contributed by atoms with van der Waals surface area (Å²) in [4.78, 5) is 11.4. The van der Waals surface area contributed by atoms with Gasteiger partial charge in [-0.2, -0.15) is 10.4 Å². The number of hydrogen-bond acceptors (Lipinski definition) is 4. The van der Waals surface area contributed by atoms with Crippen LogP contribution in [0, 0.1) is 11.3 Å². The highest BCUT2D eigenvalue weighted by molar-refractivity contribution is 5.69. The van der Waals surface area contributed by atoms with Gasteiger partial charge in [0.2, 0.25) is 0 Å². The van der Waals surface area contributed by atoms with Crippen LogP contribution in [0.1, 0.15) is 31.4 Å². The Morgan fingerprint density at radius 2 is 2.14 bits per heavy atom. The van der Waals surface area contributed by atoms with E-state index in [4.69, 9.17) is 4.74 Å². The van der Waals surface area contributed by atoms with Crippen LogP contribution in [0.3, 0.4) is 0 Å². The fraction of sp³-hybridized carbons (Fsp3) is 0.353. The third kappa shape index (κ3) is 3.73. The second-order valence-corrected chi connectivity index (χ2v) is 4.97. The van der Waals surface area contributed by atoms with Crippen molar-refractivity contribution in [1.82, 2.24) is 9.78 Å². The summed E-state index contributed by atoms with van der Waals surface area (Å²) >= 11 is 0. The highest BCUT2D eigenvalue weighted by Gasteiger charge is 2.18. The Morgan fingerprint density at radius 1 is 1.41 bits per heavy atom. The first-order valence-electron chi connectivity index (χ1n) is 7.30. The number of benzene rings is 1. The van der Waals surface area contributed by atoms with E-state index in [-0.39, 0.29) is 12.4 Å². The number of aromatic nitrogens is 2. The molecule has 2 rings (SSSR count). The predicted molar refractivity (Wildman–Crippen MR) is 82.9 cm³/mol. The second-order valence-electron chi connectivity index (χ2n) is 4.97. The number of aryl methyl sites for hydroxylation is 1. The van der Waals surface area contributed by atoms with Gasteiger partial charge in [0.25, 0.3) is 0 Å². The molecule has 114 valence electrons. The molecule has 0 aliphatic carbocycles. The standard InChI is InChI=1S/C17H19N3O2/c1-3-22-17(21)10-9-14(12-18)15-11-16(20(2)19-15)13-7-5-4-6-8-13/h4-8,11,14H,3,9-10H2,1-2H3. The van der Waals surface area contributed by atoms with Crippen molar-refractivity contribution in [3.63, 3.8) is 0 Å². The van der Waals surface area contributed by atoms with Crippen molar-refractivity contribution in [1.29, 1.82) is 5.26 Å². The maximum absolute atomic E-state index is 11.4. The third-order valence-electron chi connectivity index (χ3n) is 3.42. The summed E-state index contributed by atoms with van der Waals surface area (Å²) in [6.45, 7) is 2.13. The molecule has 0 bridgehead atoms. The second kappa shape index (κ2) is 7.41. The Hall–Kier alpha value is -2.61. The van der Waals surface area contributed by atoms with Gasteiger partial charge in [-0.15, -0.1) is 0 Å². The van der Waals surface area contributed by atoms with Gasteiger partial charge in [-0.25, -0.2) is 0 Å². The van der Waals surface area contributed by atoms with Gasteiger partial charge in [0, 0.05) is 13.5 Å². The van der Waals surface area contributed by atoms with Crippen LogP contribution in [0.25, 0.3) is 11.3 Å². The highest BCUT2D eigenvalue weighted by atomic mass is 16.5. The van der Waals surface area contributed by atoms with Gasteiger partial charge >= 0.3 is 5.97 Å². The number of hydrogen-bond donors (Lipinski definition) is 0. The van der Waals surface area contributed by atoms with Gasteiger partial charge in [0.15, 0.2) is 0 Å². The molecule has 1 aromatic heterocycles. The van der Waals surface area contributed by atoms with Gasteiger partial charge in [-0.05, 0) is 25.0 Å². The lowest BCUT2D eigenvalue weighted by atomic mass is 10.0. The summed E-state index contributed by atoms with van der Waals surface area (Å²) in [5.74, 6) is -0.685. The van der Waals surface area contributed by atoms with E-state index in [0.29, 0.717) is 18.7 Å².